The number of nitrogens with two attached hydrogens (primary N) is 1. The molecule has 0 aliphatic carbocycles. The molecule has 1 aromatic heterocycles. The maximum atomic E-state index is 6.07. The van der Waals surface area contributed by atoms with Crippen LogP contribution in [0.15, 0.2) is 0 Å². The third-order valence-electron chi connectivity index (χ3n) is 2.90. The number of anilines is 2. The number of nitrogens with one attached hydrogen (secondary N) is 1. The summed E-state index contributed by atoms with van der Waals surface area (Å²) in [6.07, 6.45) is 4.34. The quantitative estimate of drug-likeness (QED) is 0.679. The molecular formula is C15H28N4O. The Hall–Kier alpha value is -1.52. The molecular weight excluding hydrogens is 252 g/mol. The zero-order valence-electron chi connectivity index (χ0n) is 13.2. The van der Waals surface area contributed by atoms with Gasteiger partial charge in [0.1, 0.15) is 11.5 Å². The Kier molecular flexibility index (Phi) is 7.12. The average molecular weight is 280 g/mol. The van der Waals surface area contributed by atoms with Crippen LogP contribution < -0.4 is 15.8 Å². The Morgan fingerprint density at radius 2 is 1.95 bits per heavy atom. The second-order valence-electron chi connectivity index (χ2n) is 5.37. The first-order valence-electron chi connectivity index (χ1n) is 7.61. The minimum absolute atomic E-state index is 0.496. The summed E-state index contributed by atoms with van der Waals surface area (Å²) in [6.45, 7) is 9.84. The van der Waals surface area contributed by atoms with E-state index in [0.29, 0.717) is 29.9 Å². The molecule has 3 N–H and O–H groups in total. The summed E-state index contributed by atoms with van der Waals surface area (Å²) in [5, 5.41) is 3.30. The number of hydrogen-bond acceptors (Lipinski definition) is 5. The van der Waals surface area contributed by atoms with Gasteiger partial charge < -0.3 is 15.8 Å². The third-order valence-corrected chi connectivity index (χ3v) is 2.90. The van der Waals surface area contributed by atoms with E-state index in [1.54, 1.807) is 0 Å². The summed E-state index contributed by atoms with van der Waals surface area (Å²) in [4.78, 5) is 8.93. The molecule has 1 aromatic rings. The molecule has 5 nitrogen and oxygen atoms in total. The molecule has 114 valence electrons. The van der Waals surface area contributed by atoms with Crippen molar-refractivity contribution in [2.45, 2.75) is 53.4 Å². The molecule has 1 rings (SSSR count). The van der Waals surface area contributed by atoms with Crippen LogP contribution in [0.2, 0.25) is 0 Å². The summed E-state index contributed by atoms with van der Waals surface area (Å²) in [7, 11) is 0. The number of rotatable bonds is 9. The average Bonchev–Trinajstić information content (AvgIpc) is 2.39. The topological polar surface area (TPSA) is 73.1 Å². The Morgan fingerprint density at radius 3 is 2.55 bits per heavy atom. The lowest BCUT2D eigenvalue weighted by Gasteiger charge is -2.14. The normalized spacial score (nSPS) is 10.8. The fourth-order valence-corrected chi connectivity index (χ4v) is 1.91. The van der Waals surface area contributed by atoms with Crippen LogP contribution in [0.3, 0.4) is 0 Å². The number of nitrogens with zero attached hydrogens (tertiary/aromatic N) is 2. The van der Waals surface area contributed by atoms with Crippen molar-refractivity contribution < 1.29 is 4.74 Å². The van der Waals surface area contributed by atoms with Crippen LogP contribution in [0.4, 0.5) is 11.5 Å². The van der Waals surface area contributed by atoms with Crippen molar-refractivity contribution in [3.63, 3.8) is 0 Å². The van der Waals surface area contributed by atoms with Crippen molar-refractivity contribution in [2.24, 2.45) is 5.92 Å². The van der Waals surface area contributed by atoms with E-state index >= 15 is 0 Å². The number of ether oxygens (including phenoxy) is 1. The van der Waals surface area contributed by atoms with Crippen molar-refractivity contribution in [3.05, 3.63) is 5.82 Å². The van der Waals surface area contributed by atoms with Gasteiger partial charge in [0.25, 0.3) is 0 Å². The minimum Gasteiger partial charge on any atom is -0.476 e. The predicted octanol–water partition coefficient (Wildman–Crippen LogP) is 3.26. The predicted molar refractivity (Wildman–Crippen MR) is 84.2 cm³/mol. The van der Waals surface area contributed by atoms with E-state index in [1.807, 2.05) is 6.92 Å². The van der Waals surface area contributed by atoms with Crippen LogP contribution in [-0.2, 0) is 6.42 Å². The highest BCUT2D eigenvalue weighted by molar-refractivity contribution is 5.66. The highest BCUT2D eigenvalue weighted by Crippen LogP contribution is 2.26. The smallest absolute Gasteiger partial charge is 0.242 e. The van der Waals surface area contributed by atoms with Crippen molar-refractivity contribution in [1.29, 1.82) is 0 Å². The molecule has 0 amide bonds. The lowest BCUT2D eigenvalue weighted by molar-refractivity contribution is 0.326. The van der Waals surface area contributed by atoms with Gasteiger partial charge in [0.15, 0.2) is 5.82 Å². The Labute approximate surface area is 122 Å². The Balaban J connectivity index is 2.85. The number of hydrogen-bond donors (Lipinski definition) is 2. The summed E-state index contributed by atoms with van der Waals surface area (Å²) < 4.78 is 5.51. The van der Waals surface area contributed by atoms with Crippen molar-refractivity contribution in [1.82, 2.24) is 9.97 Å². The van der Waals surface area contributed by atoms with Gasteiger partial charge in [-0.15, -0.1) is 0 Å². The molecule has 0 bridgehead atoms. The first-order chi connectivity index (χ1) is 9.58. The van der Waals surface area contributed by atoms with Gasteiger partial charge >= 0.3 is 0 Å². The molecule has 0 radical (unpaired) electrons. The van der Waals surface area contributed by atoms with Gasteiger partial charge in [-0.05, 0) is 19.3 Å². The van der Waals surface area contributed by atoms with Crippen LogP contribution in [0, 0.1) is 5.92 Å². The van der Waals surface area contributed by atoms with E-state index in [2.05, 4.69) is 36.1 Å². The van der Waals surface area contributed by atoms with Gasteiger partial charge in [-0.3, -0.25) is 0 Å². The molecule has 20 heavy (non-hydrogen) atoms. The highest BCUT2D eigenvalue weighted by atomic mass is 16.5. The molecule has 0 aliphatic heterocycles. The van der Waals surface area contributed by atoms with Crippen LogP contribution in [0.25, 0.3) is 0 Å². The highest BCUT2D eigenvalue weighted by Gasteiger charge is 2.13. The number of nitrogen functional groups attached to an aromatic ring is 1. The molecule has 0 atom stereocenters. The third kappa shape index (κ3) is 5.23. The Bertz CT molecular complexity index is 407. The summed E-state index contributed by atoms with van der Waals surface area (Å²) in [6, 6.07) is 0. The Morgan fingerprint density at radius 1 is 1.20 bits per heavy atom. The van der Waals surface area contributed by atoms with Gasteiger partial charge in [0, 0.05) is 13.0 Å². The fraction of sp³-hybridized carbons (Fsp3) is 0.733. The van der Waals surface area contributed by atoms with E-state index in [9.17, 15) is 0 Å². The van der Waals surface area contributed by atoms with E-state index in [1.165, 1.54) is 12.8 Å². The van der Waals surface area contributed by atoms with Crippen molar-refractivity contribution >= 4 is 11.5 Å². The van der Waals surface area contributed by atoms with Crippen LogP contribution in [0.1, 0.15) is 52.8 Å². The van der Waals surface area contributed by atoms with Crippen molar-refractivity contribution in [3.8, 4) is 5.88 Å². The van der Waals surface area contributed by atoms with E-state index in [4.69, 9.17) is 10.5 Å². The SMILES string of the molecule is CCCCCNc1nc(CC(C)C)nc(OCC)c1N. The summed E-state index contributed by atoms with van der Waals surface area (Å²) in [5.41, 5.74) is 6.58. The number of aromatic nitrogens is 2. The fourth-order valence-electron chi connectivity index (χ4n) is 1.91. The molecule has 0 unspecified atom stereocenters. The van der Waals surface area contributed by atoms with Gasteiger partial charge in [0.05, 0.1) is 6.61 Å². The molecule has 0 fully saturated rings. The largest absolute Gasteiger partial charge is 0.476 e. The maximum absolute atomic E-state index is 6.07. The van der Waals surface area contributed by atoms with Crippen LogP contribution >= 0.6 is 0 Å². The van der Waals surface area contributed by atoms with Crippen LogP contribution in [0.5, 0.6) is 5.88 Å². The second-order valence-corrected chi connectivity index (χ2v) is 5.37. The standard InChI is InChI=1S/C15H28N4O/c1-5-7-8-9-17-14-13(16)15(20-6-2)19-12(18-14)10-11(3)4/h11H,5-10,16H2,1-4H3,(H,17,18,19). The molecule has 0 saturated carbocycles. The maximum Gasteiger partial charge on any atom is 0.242 e. The van der Waals surface area contributed by atoms with E-state index in [0.717, 1.165) is 25.2 Å². The van der Waals surface area contributed by atoms with E-state index < -0.39 is 0 Å². The lowest BCUT2D eigenvalue weighted by atomic mass is 10.1. The van der Waals surface area contributed by atoms with E-state index in [-0.39, 0.29) is 0 Å². The molecule has 0 spiro atoms. The first-order valence-corrected chi connectivity index (χ1v) is 7.61. The monoisotopic (exact) mass is 280 g/mol. The molecule has 1 heterocycles. The number of unbranched alkanes of at least 4 members (excludes halogenated alkanes) is 2. The summed E-state index contributed by atoms with van der Waals surface area (Å²) >= 11 is 0. The van der Waals surface area contributed by atoms with Crippen molar-refractivity contribution in [2.75, 3.05) is 24.2 Å². The van der Waals surface area contributed by atoms with Gasteiger partial charge in [0.2, 0.25) is 5.88 Å². The van der Waals surface area contributed by atoms with Gasteiger partial charge in [-0.1, -0.05) is 33.6 Å². The summed E-state index contributed by atoms with van der Waals surface area (Å²) in [5.74, 6) is 2.49. The second kappa shape index (κ2) is 8.61. The minimum atomic E-state index is 0.496. The molecule has 0 aromatic carbocycles. The molecule has 0 saturated heterocycles. The van der Waals surface area contributed by atoms with Gasteiger partial charge in [-0.25, -0.2) is 4.98 Å². The zero-order valence-corrected chi connectivity index (χ0v) is 13.2. The first kappa shape index (κ1) is 16.5. The zero-order chi connectivity index (χ0) is 15.0. The molecule has 0 aliphatic rings. The lowest BCUT2D eigenvalue weighted by Crippen LogP contribution is -2.12. The van der Waals surface area contributed by atoms with Crippen LogP contribution in [-0.4, -0.2) is 23.1 Å². The van der Waals surface area contributed by atoms with Gasteiger partial charge in [-0.2, -0.15) is 4.98 Å². The molecule has 5 heteroatoms.